The molecular weight excluding hydrogens is 234 g/mol. The van der Waals surface area contributed by atoms with Crippen molar-refractivity contribution in [3.05, 3.63) is 12.2 Å². The molecule has 2 atom stereocenters. The molecule has 3 nitrogen and oxygen atoms in total. The molecule has 0 spiro atoms. The summed E-state index contributed by atoms with van der Waals surface area (Å²) in [5.74, 6) is 0.463. The van der Waals surface area contributed by atoms with Crippen LogP contribution in [0.2, 0.25) is 0 Å². The minimum Gasteiger partial charge on any atom is -0.317 e. The van der Waals surface area contributed by atoms with Crippen LogP contribution in [0.25, 0.3) is 0 Å². The lowest BCUT2D eigenvalue weighted by molar-refractivity contribution is 0.414. The van der Waals surface area contributed by atoms with E-state index < -0.39 is 9.84 Å². The Morgan fingerprint density at radius 2 is 2.12 bits per heavy atom. The largest absolute Gasteiger partial charge is 0.317 e. The summed E-state index contributed by atoms with van der Waals surface area (Å²) in [7, 11) is -2.84. The van der Waals surface area contributed by atoms with Crippen LogP contribution in [0, 0.1) is 5.92 Å². The molecule has 1 aliphatic rings. The van der Waals surface area contributed by atoms with E-state index in [0.29, 0.717) is 5.92 Å². The van der Waals surface area contributed by atoms with E-state index in [4.69, 9.17) is 0 Å². The van der Waals surface area contributed by atoms with Crippen LogP contribution in [-0.2, 0) is 9.84 Å². The molecule has 0 heterocycles. The van der Waals surface area contributed by atoms with E-state index in [1.807, 2.05) is 0 Å². The first kappa shape index (κ1) is 14.7. The zero-order valence-electron chi connectivity index (χ0n) is 11.0. The van der Waals surface area contributed by atoms with Crippen molar-refractivity contribution in [1.29, 1.82) is 0 Å². The van der Waals surface area contributed by atoms with Crippen LogP contribution in [0.4, 0.5) is 0 Å². The molecule has 1 saturated carbocycles. The summed E-state index contributed by atoms with van der Waals surface area (Å²) in [4.78, 5) is 0. The molecule has 1 aliphatic carbocycles. The van der Waals surface area contributed by atoms with E-state index in [1.54, 1.807) is 0 Å². The molecule has 0 aliphatic heterocycles. The van der Waals surface area contributed by atoms with E-state index in [9.17, 15) is 8.42 Å². The molecule has 0 aromatic carbocycles. The maximum Gasteiger partial charge on any atom is 0.150 e. The third-order valence-corrected chi connectivity index (χ3v) is 5.06. The van der Waals surface area contributed by atoms with Crippen molar-refractivity contribution in [2.24, 2.45) is 5.92 Å². The van der Waals surface area contributed by atoms with Gasteiger partial charge in [0.25, 0.3) is 0 Å². The summed E-state index contributed by atoms with van der Waals surface area (Å²) in [5.41, 5.74) is 0. The summed E-state index contributed by atoms with van der Waals surface area (Å²) in [5, 5.41) is 3.16. The molecule has 1 N–H and O–H groups in total. The van der Waals surface area contributed by atoms with Gasteiger partial charge in [0.1, 0.15) is 9.84 Å². The molecule has 0 amide bonds. The Morgan fingerprint density at radius 1 is 1.35 bits per heavy atom. The highest BCUT2D eigenvalue weighted by Crippen LogP contribution is 2.29. The second kappa shape index (κ2) is 7.17. The standard InChI is InChI=1S/C13H25NO2S/c1-3-14-10-5-4-7-12-8-6-9-13(11-12)17(2,15)16/h4,7,12-14H,3,5-6,8-11H2,1-2H3/b7-4+. The average Bonchev–Trinajstić information content (AvgIpc) is 2.28. The first-order valence-electron chi connectivity index (χ1n) is 6.60. The first-order chi connectivity index (χ1) is 8.04. The van der Waals surface area contributed by atoms with Crippen molar-refractivity contribution < 1.29 is 8.42 Å². The predicted octanol–water partition coefficient (Wildman–Crippen LogP) is 2.15. The number of allylic oxidation sites excluding steroid dienone is 1. The highest BCUT2D eigenvalue weighted by atomic mass is 32.2. The Balaban J connectivity index is 2.34. The van der Waals surface area contributed by atoms with Gasteiger partial charge in [0.2, 0.25) is 0 Å². The Labute approximate surface area is 106 Å². The lowest BCUT2D eigenvalue weighted by Crippen LogP contribution is -2.26. The number of hydrogen-bond acceptors (Lipinski definition) is 3. The van der Waals surface area contributed by atoms with Gasteiger partial charge in [0.15, 0.2) is 0 Å². The molecular formula is C13H25NO2S. The van der Waals surface area contributed by atoms with Crippen LogP contribution in [0.3, 0.4) is 0 Å². The molecule has 4 heteroatoms. The van der Waals surface area contributed by atoms with E-state index in [2.05, 4.69) is 24.4 Å². The summed E-state index contributed by atoms with van der Waals surface area (Å²) in [6.07, 6.45) is 10.7. The average molecular weight is 259 g/mol. The molecule has 0 aromatic rings. The number of sulfone groups is 1. The van der Waals surface area contributed by atoms with Crippen molar-refractivity contribution in [3.63, 3.8) is 0 Å². The highest BCUT2D eigenvalue weighted by molar-refractivity contribution is 7.91. The monoisotopic (exact) mass is 259 g/mol. The van der Waals surface area contributed by atoms with Crippen LogP contribution in [0.5, 0.6) is 0 Å². The summed E-state index contributed by atoms with van der Waals surface area (Å²) in [6.45, 7) is 4.12. The fourth-order valence-corrected chi connectivity index (χ4v) is 3.59. The van der Waals surface area contributed by atoms with E-state index >= 15 is 0 Å². The first-order valence-corrected chi connectivity index (χ1v) is 8.55. The van der Waals surface area contributed by atoms with E-state index in [0.717, 1.165) is 45.2 Å². The van der Waals surface area contributed by atoms with E-state index in [1.165, 1.54) is 6.26 Å². The zero-order chi connectivity index (χ0) is 12.7. The molecule has 1 fully saturated rings. The molecule has 1 rings (SSSR count). The molecule has 100 valence electrons. The van der Waals surface area contributed by atoms with Gasteiger partial charge in [-0.1, -0.05) is 25.5 Å². The van der Waals surface area contributed by atoms with Gasteiger partial charge in [-0.3, -0.25) is 0 Å². The van der Waals surface area contributed by atoms with Gasteiger partial charge in [-0.2, -0.15) is 0 Å². The molecule has 0 radical (unpaired) electrons. The Morgan fingerprint density at radius 3 is 2.76 bits per heavy atom. The normalized spacial score (nSPS) is 26.5. The van der Waals surface area contributed by atoms with Crippen molar-refractivity contribution in [3.8, 4) is 0 Å². The fourth-order valence-electron chi connectivity index (χ4n) is 2.40. The van der Waals surface area contributed by atoms with Gasteiger partial charge in [-0.25, -0.2) is 8.42 Å². The second-order valence-electron chi connectivity index (χ2n) is 4.95. The van der Waals surface area contributed by atoms with Gasteiger partial charge in [-0.15, -0.1) is 0 Å². The Hall–Kier alpha value is -0.350. The third-order valence-electron chi connectivity index (χ3n) is 3.42. The summed E-state index contributed by atoms with van der Waals surface area (Å²) in [6, 6.07) is 0. The van der Waals surface area contributed by atoms with Crippen LogP contribution < -0.4 is 5.32 Å². The third kappa shape index (κ3) is 5.68. The lowest BCUT2D eigenvalue weighted by atomic mass is 9.88. The molecule has 0 saturated heterocycles. The number of nitrogens with one attached hydrogen (secondary N) is 1. The zero-order valence-corrected chi connectivity index (χ0v) is 11.8. The van der Waals surface area contributed by atoms with Gasteiger partial charge in [0.05, 0.1) is 5.25 Å². The van der Waals surface area contributed by atoms with Crippen molar-refractivity contribution >= 4 is 9.84 Å². The minimum absolute atomic E-state index is 0.111. The van der Waals surface area contributed by atoms with Crippen LogP contribution in [0.15, 0.2) is 12.2 Å². The predicted molar refractivity (Wildman–Crippen MR) is 72.9 cm³/mol. The summed E-state index contributed by atoms with van der Waals surface area (Å²) < 4.78 is 23.0. The summed E-state index contributed by atoms with van der Waals surface area (Å²) >= 11 is 0. The SMILES string of the molecule is CCNCC/C=C/C1CCCC(S(C)(=O)=O)C1. The minimum atomic E-state index is -2.84. The Bertz CT molecular complexity index is 335. The van der Waals surface area contributed by atoms with Crippen LogP contribution >= 0.6 is 0 Å². The molecule has 17 heavy (non-hydrogen) atoms. The second-order valence-corrected chi connectivity index (χ2v) is 7.27. The number of rotatable bonds is 6. The smallest absolute Gasteiger partial charge is 0.150 e. The van der Waals surface area contributed by atoms with Gasteiger partial charge in [0, 0.05) is 6.26 Å². The maximum atomic E-state index is 11.5. The van der Waals surface area contributed by atoms with Crippen molar-refractivity contribution in [1.82, 2.24) is 5.32 Å². The molecule has 0 aromatic heterocycles. The van der Waals surface area contributed by atoms with Crippen molar-refractivity contribution in [2.75, 3.05) is 19.3 Å². The Kier molecular flexibility index (Phi) is 6.20. The van der Waals surface area contributed by atoms with E-state index in [-0.39, 0.29) is 5.25 Å². The topological polar surface area (TPSA) is 46.2 Å². The van der Waals surface area contributed by atoms with Gasteiger partial charge in [-0.05, 0) is 44.7 Å². The van der Waals surface area contributed by atoms with Crippen LogP contribution in [-0.4, -0.2) is 33.0 Å². The maximum absolute atomic E-state index is 11.5. The van der Waals surface area contributed by atoms with Gasteiger partial charge >= 0.3 is 0 Å². The lowest BCUT2D eigenvalue weighted by Gasteiger charge is -2.25. The molecule has 0 bridgehead atoms. The van der Waals surface area contributed by atoms with Gasteiger partial charge < -0.3 is 5.32 Å². The number of hydrogen-bond donors (Lipinski definition) is 1. The van der Waals surface area contributed by atoms with Crippen LogP contribution in [0.1, 0.15) is 39.0 Å². The highest BCUT2D eigenvalue weighted by Gasteiger charge is 2.27. The molecule has 2 unspecified atom stereocenters. The van der Waals surface area contributed by atoms with Crippen molar-refractivity contribution in [2.45, 2.75) is 44.3 Å². The quantitative estimate of drug-likeness (QED) is 0.587. The fraction of sp³-hybridized carbons (Fsp3) is 0.846.